The monoisotopic (exact) mass is 379 g/mol. The van der Waals surface area contributed by atoms with Crippen LogP contribution in [0.5, 0.6) is 11.5 Å². The number of aryl methyl sites for hydroxylation is 1. The lowest BCUT2D eigenvalue weighted by Gasteiger charge is -2.11. The molecule has 1 heterocycles. The van der Waals surface area contributed by atoms with Crippen molar-refractivity contribution in [1.82, 2.24) is 4.57 Å². The molecule has 3 aromatic rings. The third-order valence-corrected chi connectivity index (χ3v) is 5.37. The highest BCUT2D eigenvalue weighted by atomic mass is 16.5. The SMILES string of the molecule is COc1ccc2c(c1)c(C(=O)OCc1cc(C)ccc1OC)c(C)n2C1CC1. The highest BCUT2D eigenvalue weighted by Gasteiger charge is 2.31. The molecule has 1 saturated carbocycles. The predicted molar refractivity (Wildman–Crippen MR) is 108 cm³/mol. The minimum absolute atomic E-state index is 0.170. The van der Waals surface area contributed by atoms with Gasteiger partial charge in [-0.05, 0) is 57.0 Å². The summed E-state index contributed by atoms with van der Waals surface area (Å²) in [7, 11) is 3.25. The Morgan fingerprint density at radius 1 is 1.07 bits per heavy atom. The topological polar surface area (TPSA) is 49.7 Å². The molecule has 2 aromatic carbocycles. The summed E-state index contributed by atoms with van der Waals surface area (Å²) in [4.78, 5) is 13.1. The van der Waals surface area contributed by atoms with E-state index in [-0.39, 0.29) is 12.6 Å². The minimum atomic E-state index is -0.321. The first-order valence-corrected chi connectivity index (χ1v) is 9.52. The Hall–Kier alpha value is -2.95. The number of hydrogen-bond acceptors (Lipinski definition) is 4. The van der Waals surface area contributed by atoms with Crippen LogP contribution in [0.4, 0.5) is 0 Å². The fourth-order valence-corrected chi connectivity index (χ4v) is 3.85. The lowest BCUT2D eigenvalue weighted by atomic mass is 10.1. The summed E-state index contributed by atoms with van der Waals surface area (Å²) in [5.41, 5.74) is 4.58. The molecule has 1 aliphatic carbocycles. The zero-order valence-corrected chi connectivity index (χ0v) is 16.7. The molecule has 0 radical (unpaired) electrons. The van der Waals surface area contributed by atoms with Crippen LogP contribution >= 0.6 is 0 Å². The highest BCUT2D eigenvalue weighted by molar-refractivity contribution is 6.06. The van der Waals surface area contributed by atoms with E-state index in [1.807, 2.05) is 50.2 Å². The fourth-order valence-electron chi connectivity index (χ4n) is 3.85. The molecule has 4 rings (SSSR count). The van der Waals surface area contributed by atoms with Crippen molar-refractivity contribution in [1.29, 1.82) is 0 Å². The first kappa shape index (κ1) is 18.4. The number of nitrogens with zero attached hydrogens (tertiary/aromatic N) is 1. The van der Waals surface area contributed by atoms with Gasteiger partial charge in [-0.25, -0.2) is 4.79 Å². The largest absolute Gasteiger partial charge is 0.497 e. The van der Waals surface area contributed by atoms with Crippen molar-refractivity contribution in [2.24, 2.45) is 0 Å². The minimum Gasteiger partial charge on any atom is -0.497 e. The number of carbonyl (C=O) groups is 1. The Morgan fingerprint density at radius 2 is 1.86 bits per heavy atom. The standard InChI is InChI=1S/C23H25NO4/c1-14-5-10-21(27-4)16(11-14)13-28-23(25)22-15(2)24(17-6-7-17)20-9-8-18(26-3)12-19(20)22/h5,8-12,17H,6-7,13H2,1-4H3. The molecular weight excluding hydrogens is 354 g/mol. The van der Waals surface area contributed by atoms with Crippen LogP contribution in [0.25, 0.3) is 10.9 Å². The number of ether oxygens (including phenoxy) is 3. The lowest BCUT2D eigenvalue weighted by molar-refractivity contribution is 0.0471. The van der Waals surface area contributed by atoms with E-state index in [1.54, 1.807) is 14.2 Å². The number of fused-ring (bicyclic) bond motifs is 1. The van der Waals surface area contributed by atoms with Crippen molar-refractivity contribution < 1.29 is 19.0 Å². The summed E-state index contributed by atoms with van der Waals surface area (Å²) in [6.45, 7) is 4.17. The molecule has 1 aromatic heterocycles. The van der Waals surface area contributed by atoms with Crippen LogP contribution in [0.3, 0.4) is 0 Å². The molecule has 1 aliphatic rings. The zero-order chi connectivity index (χ0) is 19.8. The van der Waals surface area contributed by atoms with Gasteiger partial charge in [-0.15, -0.1) is 0 Å². The summed E-state index contributed by atoms with van der Waals surface area (Å²) in [6, 6.07) is 12.2. The zero-order valence-electron chi connectivity index (χ0n) is 16.7. The number of benzene rings is 2. The van der Waals surface area contributed by atoms with Crippen LogP contribution < -0.4 is 9.47 Å². The van der Waals surface area contributed by atoms with Crippen LogP contribution in [-0.4, -0.2) is 24.8 Å². The Balaban J connectivity index is 1.69. The highest BCUT2D eigenvalue weighted by Crippen LogP contribution is 2.42. The Bertz CT molecular complexity index is 1050. The molecule has 5 heteroatoms. The first-order chi connectivity index (χ1) is 13.5. The smallest absolute Gasteiger partial charge is 0.340 e. The maximum Gasteiger partial charge on any atom is 0.340 e. The van der Waals surface area contributed by atoms with Gasteiger partial charge in [0.2, 0.25) is 0 Å². The van der Waals surface area contributed by atoms with E-state index in [1.165, 1.54) is 0 Å². The third-order valence-electron chi connectivity index (χ3n) is 5.37. The van der Waals surface area contributed by atoms with E-state index in [0.717, 1.165) is 52.1 Å². The molecule has 0 aliphatic heterocycles. The molecule has 0 saturated heterocycles. The molecule has 28 heavy (non-hydrogen) atoms. The van der Waals surface area contributed by atoms with Crippen LogP contribution in [0.1, 0.15) is 46.1 Å². The summed E-state index contributed by atoms with van der Waals surface area (Å²) >= 11 is 0. The second kappa shape index (κ2) is 7.23. The number of esters is 1. The van der Waals surface area contributed by atoms with E-state index in [4.69, 9.17) is 14.2 Å². The van der Waals surface area contributed by atoms with Crippen molar-refractivity contribution in [3.8, 4) is 11.5 Å². The van der Waals surface area contributed by atoms with E-state index >= 15 is 0 Å². The number of methoxy groups -OCH3 is 2. The summed E-state index contributed by atoms with van der Waals surface area (Å²) in [5.74, 6) is 1.13. The van der Waals surface area contributed by atoms with E-state index < -0.39 is 0 Å². The van der Waals surface area contributed by atoms with E-state index in [0.29, 0.717) is 11.6 Å². The van der Waals surface area contributed by atoms with Gasteiger partial charge in [-0.1, -0.05) is 11.6 Å². The van der Waals surface area contributed by atoms with Gasteiger partial charge in [0.15, 0.2) is 0 Å². The van der Waals surface area contributed by atoms with Gasteiger partial charge < -0.3 is 18.8 Å². The Morgan fingerprint density at radius 3 is 2.54 bits per heavy atom. The van der Waals surface area contributed by atoms with E-state index in [9.17, 15) is 4.79 Å². The maximum atomic E-state index is 13.1. The molecular formula is C23H25NO4. The molecule has 5 nitrogen and oxygen atoms in total. The van der Waals surface area contributed by atoms with Crippen molar-refractivity contribution in [2.75, 3.05) is 14.2 Å². The second-order valence-corrected chi connectivity index (χ2v) is 7.34. The molecule has 146 valence electrons. The van der Waals surface area contributed by atoms with Crippen molar-refractivity contribution in [3.63, 3.8) is 0 Å². The van der Waals surface area contributed by atoms with Crippen molar-refractivity contribution >= 4 is 16.9 Å². The van der Waals surface area contributed by atoms with Gasteiger partial charge >= 0.3 is 5.97 Å². The average Bonchev–Trinajstić information content (AvgIpc) is 3.48. The van der Waals surface area contributed by atoms with Gasteiger partial charge in [-0.2, -0.15) is 0 Å². The van der Waals surface area contributed by atoms with Crippen molar-refractivity contribution in [3.05, 3.63) is 58.8 Å². The molecule has 0 unspecified atom stereocenters. The molecule has 0 atom stereocenters. The number of rotatable bonds is 6. The molecule has 0 N–H and O–H groups in total. The van der Waals surface area contributed by atoms with Crippen molar-refractivity contribution in [2.45, 2.75) is 39.3 Å². The Kier molecular flexibility index (Phi) is 4.75. The van der Waals surface area contributed by atoms with Gasteiger partial charge in [0, 0.05) is 28.2 Å². The van der Waals surface area contributed by atoms with Crippen LogP contribution in [0.15, 0.2) is 36.4 Å². The lowest BCUT2D eigenvalue weighted by Crippen LogP contribution is -2.08. The molecule has 0 amide bonds. The van der Waals surface area contributed by atoms with Gasteiger partial charge in [-0.3, -0.25) is 0 Å². The summed E-state index contributed by atoms with van der Waals surface area (Å²) in [5, 5.41) is 0.880. The van der Waals surface area contributed by atoms with Gasteiger partial charge in [0.05, 0.1) is 19.8 Å². The molecule has 0 bridgehead atoms. The van der Waals surface area contributed by atoms with Gasteiger partial charge in [0.1, 0.15) is 18.1 Å². The van der Waals surface area contributed by atoms with Crippen LogP contribution in [-0.2, 0) is 11.3 Å². The number of aromatic nitrogens is 1. The summed E-state index contributed by atoms with van der Waals surface area (Å²) < 4.78 is 18.7. The summed E-state index contributed by atoms with van der Waals surface area (Å²) in [6.07, 6.45) is 2.29. The first-order valence-electron chi connectivity index (χ1n) is 9.52. The van der Waals surface area contributed by atoms with Gasteiger partial charge in [0.25, 0.3) is 0 Å². The quantitative estimate of drug-likeness (QED) is 0.568. The van der Waals surface area contributed by atoms with Crippen LogP contribution in [0, 0.1) is 13.8 Å². The van der Waals surface area contributed by atoms with Crippen LogP contribution in [0.2, 0.25) is 0 Å². The molecule has 0 spiro atoms. The second-order valence-electron chi connectivity index (χ2n) is 7.34. The average molecular weight is 379 g/mol. The number of carbonyl (C=O) groups excluding carboxylic acids is 1. The predicted octanol–water partition coefficient (Wildman–Crippen LogP) is 4.97. The fraction of sp³-hybridized carbons (Fsp3) is 0.348. The molecule has 1 fully saturated rings. The Labute approximate surface area is 164 Å². The maximum absolute atomic E-state index is 13.1. The third kappa shape index (κ3) is 3.21. The number of hydrogen-bond donors (Lipinski definition) is 0. The normalized spacial score (nSPS) is 13.6. The van der Waals surface area contributed by atoms with E-state index in [2.05, 4.69) is 4.57 Å².